The minimum absolute atomic E-state index is 0.156. The van der Waals surface area contributed by atoms with E-state index in [1.165, 1.54) is 0 Å². The lowest BCUT2D eigenvalue weighted by molar-refractivity contribution is 0.166. The van der Waals surface area contributed by atoms with E-state index >= 15 is 0 Å². The number of nitrogens with zero attached hydrogens (tertiary/aromatic N) is 3. The van der Waals surface area contributed by atoms with Crippen LogP contribution >= 0.6 is 0 Å². The van der Waals surface area contributed by atoms with E-state index in [1.54, 1.807) is 0 Å². The van der Waals surface area contributed by atoms with Gasteiger partial charge in [0.15, 0.2) is 5.58 Å². The molecule has 5 heteroatoms. The molecule has 0 saturated carbocycles. The summed E-state index contributed by atoms with van der Waals surface area (Å²) in [6.07, 6.45) is 3.90. The molecule has 0 N–H and O–H groups in total. The van der Waals surface area contributed by atoms with Crippen molar-refractivity contribution in [1.82, 2.24) is 14.5 Å². The predicted molar refractivity (Wildman–Crippen MR) is 88.3 cm³/mol. The molecule has 0 bridgehead atoms. The fourth-order valence-corrected chi connectivity index (χ4v) is 3.44. The van der Waals surface area contributed by atoms with E-state index in [2.05, 4.69) is 9.88 Å². The molecule has 1 atom stereocenters. The fraction of sp³-hybridized carbons (Fsp3) is 0.333. The Balaban J connectivity index is 1.59. The van der Waals surface area contributed by atoms with Crippen molar-refractivity contribution in [3.8, 4) is 0 Å². The SMILES string of the molecule is O=c1oc2ccccc2n1[C@H]1CCCN(Cc2ccccn2)C1. The van der Waals surface area contributed by atoms with Gasteiger partial charge >= 0.3 is 5.76 Å². The Hall–Kier alpha value is -2.40. The molecule has 0 amide bonds. The molecule has 0 aliphatic carbocycles. The van der Waals surface area contributed by atoms with Gasteiger partial charge in [0.05, 0.1) is 17.3 Å². The Kier molecular flexibility index (Phi) is 3.71. The molecule has 118 valence electrons. The van der Waals surface area contributed by atoms with Crippen molar-refractivity contribution in [3.63, 3.8) is 0 Å². The largest absolute Gasteiger partial charge is 0.420 e. The lowest BCUT2D eigenvalue weighted by Crippen LogP contribution is -2.38. The van der Waals surface area contributed by atoms with Gasteiger partial charge in [-0.1, -0.05) is 18.2 Å². The van der Waals surface area contributed by atoms with Crippen LogP contribution in [0.3, 0.4) is 0 Å². The van der Waals surface area contributed by atoms with Gasteiger partial charge in [0.1, 0.15) is 0 Å². The average Bonchev–Trinajstić information content (AvgIpc) is 2.92. The van der Waals surface area contributed by atoms with Crippen molar-refractivity contribution in [1.29, 1.82) is 0 Å². The Morgan fingerprint density at radius 3 is 2.91 bits per heavy atom. The quantitative estimate of drug-likeness (QED) is 0.746. The van der Waals surface area contributed by atoms with E-state index in [1.807, 2.05) is 53.2 Å². The molecular weight excluding hydrogens is 290 g/mol. The van der Waals surface area contributed by atoms with Crippen LogP contribution in [0, 0.1) is 0 Å². The van der Waals surface area contributed by atoms with Crippen molar-refractivity contribution in [2.45, 2.75) is 25.4 Å². The van der Waals surface area contributed by atoms with Gasteiger partial charge in [-0.2, -0.15) is 0 Å². The molecule has 2 aromatic heterocycles. The van der Waals surface area contributed by atoms with Crippen LogP contribution < -0.4 is 5.76 Å². The molecule has 0 radical (unpaired) electrons. The van der Waals surface area contributed by atoms with Crippen LogP contribution in [-0.2, 0) is 6.54 Å². The van der Waals surface area contributed by atoms with Crippen molar-refractivity contribution >= 4 is 11.1 Å². The molecule has 0 spiro atoms. The molecule has 3 aromatic rings. The standard InChI is InChI=1S/C18H19N3O2/c22-18-21(16-8-1-2-9-17(16)23-18)15-7-5-11-20(13-15)12-14-6-3-4-10-19-14/h1-4,6,8-10,15H,5,7,11-13H2/t15-/m0/s1. The van der Waals surface area contributed by atoms with Gasteiger partial charge in [0.2, 0.25) is 0 Å². The zero-order chi connectivity index (χ0) is 15.6. The summed E-state index contributed by atoms with van der Waals surface area (Å²) in [5.74, 6) is -0.254. The molecule has 1 aliphatic rings. The molecule has 3 heterocycles. The number of rotatable bonds is 3. The van der Waals surface area contributed by atoms with Crippen LogP contribution in [0.25, 0.3) is 11.1 Å². The first-order valence-corrected chi connectivity index (χ1v) is 8.03. The van der Waals surface area contributed by atoms with E-state index in [9.17, 15) is 4.79 Å². The number of pyridine rings is 1. The number of para-hydroxylation sites is 2. The summed E-state index contributed by atoms with van der Waals surface area (Å²) in [5, 5.41) is 0. The first kappa shape index (κ1) is 14.2. The number of oxazole rings is 1. The number of fused-ring (bicyclic) bond motifs is 1. The topological polar surface area (TPSA) is 51.3 Å². The van der Waals surface area contributed by atoms with Gasteiger partial charge in [0, 0.05) is 19.3 Å². The molecule has 5 nitrogen and oxygen atoms in total. The highest BCUT2D eigenvalue weighted by molar-refractivity contribution is 5.72. The second-order valence-electron chi connectivity index (χ2n) is 6.06. The third-order valence-corrected chi connectivity index (χ3v) is 4.48. The predicted octanol–water partition coefficient (Wildman–Crippen LogP) is 2.83. The zero-order valence-corrected chi connectivity index (χ0v) is 12.9. The molecule has 23 heavy (non-hydrogen) atoms. The van der Waals surface area contributed by atoms with Gasteiger partial charge in [-0.25, -0.2) is 4.79 Å². The Labute approximate surface area is 134 Å². The Morgan fingerprint density at radius 1 is 1.17 bits per heavy atom. The van der Waals surface area contributed by atoms with Crippen LogP contribution in [0.15, 0.2) is 57.9 Å². The number of hydrogen-bond donors (Lipinski definition) is 0. The summed E-state index contributed by atoms with van der Waals surface area (Å²) < 4.78 is 7.20. The second-order valence-corrected chi connectivity index (χ2v) is 6.06. The lowest BCUT2D eigenvalue weighted by Gasteiger charge is -2.32. The average molecular weight is 309 g/mol. The van der Waals surface area contributed by atoms with Crippen LogP contribution in [0.4, 0.5) is 0 Å². The van der Waals surface area contributed by atoms with Crippen LogP contribution in [0.5, 0.6) is 0 Å². The molecule has 1 saturated heterocycles. The van der Waals surface area contributed by atoms with Crippen LogP contribution in [0.2, 0.25) is 0 Å². The smallest absolute Gasteiger partial charge is 0.408 e. The summed E-state index contributed by atoms with van der Waals surface area (Å²) >= 11 is 0. The number of likely N-dealkylation sites (tertiary alicyclic amines) is 1. The van der Waals surface area contributed by atoms with Gasteiger partial charge in [-0.15, -0.1) is 0 Å². The molecule has 1 aliphatic heterocycles. The van der Waals surface area contributed by atoms with Crippen molar-refractivity contribution in [2.75, 3.05) is 13.1 Å². The van der Waals surface area contributed by atoms with E-state index in [4.69, 9.17) is 4.42 Å². The second kappa shape index (κ2) is 6.01. The van der Waals surface area contributed by atoms with Gasteiger partial charge in [0.25, 0.3) is 0 Å². The fourth-order valence-electron chi connectivity index (χ4n) is 3.44. The van der Waals surface area contributed by atoms with E-state index in [0.29, 0.717) is 5.58 Å². The summed E-state index contributed by atoms with van der Waals surface area (Å²) in [6, 6.07) is 13.8. The molecular formula is C18H19N3O2. The molecule has 1 aromatic carbocycles. The number of benzene rings is 1. The summed E-state index contributed by atoms with van der Waals surface area (Å²) in [4.78, 5) is 19.0. The maximum atomic E-state index is 12.3. The van der Waals surface area contributed by atoms with E-state index in [-0.39, 0.29) is 11.8 Å². The zero-order valence-electron chi connectivity index (χ0n) is 12.9. The van der Waals surface area contributed by atoms with Gasteiger partial charge in [-0.05, 0) is 43.7 Å². The van der Waals surface area contributed by atoms with Crippen LogP contribution in [0.1, 0.15) is 24.6 Å². The first-order chi connectivity index (χ1) is 11.3. The third-order valence-electron chi connectivity index (χ3n) is 4.48. The van der Waals surface area contributed by atoms with Crippen molar-refractivity contribution < 1.29 is 4.42 Å². The van der Waals surface area contributed by atoms with Crippen molar-refractivity contribution in [2.24, 2.45) is 0 Å². The van der Waals surface area contributed by atoms with Crippen molar-refractivity contribution in [3.05, 3.63) is 64.9 Å². The third kappa shape index (κ3) is 2.80. The van der Waals surface area contributed by atoms with Crippen LogP contribution in [-0.4, -0.2) is 27.5 Å². The first-order valence-electron chi connectivity index (χ1n) is 8.03. The number of hydrogen-bond acceptors (Lipinski definition) is 4. The Bertz CT molecular complexity index is 853. The molecule has 0 unspecified atom stereocenters. The lowest BCUT2D eigenvalue weighted by atomic mass is 10.0. The molecule has 1 fully saturated rings. The highest BCUT2D eigenvalue weighted by atomic mass is 16.4. The summed E-state index contributed by atoms with van der Waals surface area (Å²) in [6.45, 7) is 2.71. The highest BCUT2D eigenvalue weighted by Gasteiger charge is 2.25. The monoisotopic (exact) mass is 309 g/mol. The number of piperidine rings is 1. The molecule has 4 rings (SSSR count). The summed E-state index contributed by atoms with van der Waals surface area (Å²) in [5.41, 5.74) is 2.62. The number of aromatic nitrogens is 2. The van der Waals surface area contributed by atoms with Gasteiger partial charge in [-0.3, -0.25) is 14.5 Å². The highest BCUT2D eigenvalue weighted by Crippen LogP contribution is 2.25. The normalized spacial score (nSPS) is 19.2. The maximum absolute atomic E-state index is 12.3. The van der Waals surface area contributed by atoms with E-state index < -0.39 is 0 Å². The minimum atomic E-state index is -0.254. The summed E-state index contributed by atoms with van der Waals surface area (Å²) in [7, 11) is 0. The Morgan fingerprint density at radius 2 is 2.04 bits per heavy atom. The minimum Gasteiger partial charge on any atom is -0.408 e. The van der Waals surface area contributed by atoms with Gasteiger partial charge < -0.3 is 4.42 Å². The van der Waals surface area contributed by atoms with E-state index in [0.717, 1.165) is 43.7 Å². The maximum Gasteiger partial charge on any atom is 0.420 e.